The van der Waals surface area contributed by atoms with Crippen molar-refractivity contribution in [3.63, 3.8) is 0 Å². The lowest BCUT2D eigenvalue weighted by Gasteiger charge is -2.35. The Kier molecular flexibility index (Phi) is 11.4. The Morgan fingerprint density at radius 2 is 1.86 bits per heavy atom. The Morgan fingerprint density at radius 1 is 1.10 bits per heavy atom. The molecule has 1 unspecified atom stereocenters. The minimum Gasteiger partial charge on any atom is -0.497 e. The predicted molar refractivity (Wildman–Crippen MR) is 115 cm³/mol. The van der Waals surface area contributed by atoms with Crippen molar-refractivity contribution in [2.24, 2.45) is 4.99 Å². The van der Waals surface area contributed by atoms with Crippen molar-refractivity contribution in [2.45, 2.75) is 12.5 Å². The number of aliphatic imine (C=N–C) groups is 1. The van der Waals surface area contributed by atoms with Gasteiger partial charge in [0.1, 0.15) is 5.75 Å². The molecule has 1 heterocycles. The summed E-state index contributed by atoms with van der Waals surface area (Å²) in [5.74, 6) is 1.67. The van der Waals surface area contributed by atoms with Crippen LogP contribution < -0.4 is 15.4 Å². The largest absolute Gasteiger partial charge is 0.497 e. The summed E-state index contributed by atoms with van der Waals surface area (Å²) in [7, 11) is 5.16. The van der Waals surface area contributed by atoms with Crippen LogP contribution in [0.3, 0.4) is 0 Å². The fraction of sp³-hybridized carbons (Fsp3) is 0.667. The summed E-state index contributed by atoms with van der Waals surface area (Å²) in [4.78, 5) is 6.80. The second-order valence-corrected chi connectivity index (χ2v) is 6.78. The Balaban J connectivity index is 1.85. The summed E-state index contributed by atoms with van der Waals surface area (Å²) in [6.45, 7) is 6.90. The van der Waals surface area contributed by atoms with E-state index in [-0.39, 0.29) is 6.04 Å². The van der Waals surface area contributed by atoms with Crippen LogP contribution in [0.2, 0.25) is 0 Å². The highest BCUT2D eigenvalue weighted by molar-refractivity contribution is 5.79. The van der Waals surface area contributed by atoms with Gasteiger partial charge in [0.25, 0.3) is 0 Å². The monoisotopic (exact) mass is 408 g/mol. The molecule has 8 heteroatoms. The number of guanidine groups is 1. The molecule has 0 aliphatic carbocycles. The maximum Gasteiger partial charge on any atom is 0.191 e. The van der Waals surface area contributed by atoms with Crippen LogP contribution in [0.15, 0.2) is 29.3 Å². The van der Waals surface area contributed by atoms with Gasteiger partial charge in [-0.1, -0.05) is 12.1 Å². The van der Waals surface area contributed by atoms with E-state index >= 15 is 0 Å². The summed E-state index contributed by atoms with van der Waals surface area (Å²) in [6.07, 6.45) is 0.912. The first kappa shape index (κ1) is 23.4. The topological polar surface area (TPSA) is 76.6 Å². The molecule has 8 nitrogen and oxygen atoms in total. The van der Waals surface area contributed by atoms with Gasteiger partial charge in [-0.05, 0) is 24.1 Å². The maximum atomic E-state index is 5.53. The van der Waals surface area contributed by atoms with Crippen molar-refractivity contribution in [2.75, 3.05) is 80.5 Å². The third kappa shape index (κ3) is 8.57. The zero-order chi connectivity index (χ0) is 20.7. The molecule has 1 aliphatic rings. The maximum absolute atomic E-state index is 5.53. The molecule has 164 valence electrons. The van der Waals surface area contributed by atoms with Crippen LogP contribution >= 0.6 is 0 Å². The standard InChI is InChI=1S/C21H36N4O4/c1-22-21(23-9-4-12-28-16-15-26-2)24-17-20(25-10-13-29-14-11-25)18-5-7-19(27-3)8-6-18/h5-8,20H,4,9-17H2,1-3H3,(H2,22,23,24). The molecule has 0 bridgehead atoms. The Labute approximate surface area is 174 Å². The zero-order valence-electron chi connectivity index (χ0n) is 18.0. The molecule has 0 radical (unpaired) electrons. The minimum absolute atomic E-state index is 0.237. The van der Waals surface area contributed by atoms with Crippen molar-refractivity contribution in [1.82, 2.24) is 15.5 Å². The van der Waals surface area contributed by atoms with E-state index < -0.39 is 0 Å². The van der Waals surface area contributed by atoms with Crippen LogP contribution in [0.5, 0.6) is 5.75 Å². The second kappa shape index (κ2) is 14.2. The Bertz CT molecular complexity index is 577. The predicted octanol–water partition coefficient (Wildman–Crippen LogP) is 1.29. The Hall–Kier alpha value is -1.87. The number of rotatable bonds is 12. The van der Waals surface area contributed by atoms with Crippen molar-refractivity contribution >= 4 is 5.96 Å². The van der Waals surface area contributed by atoms with Crippen LogP contribution in [-0.2, 0) is 14.2 Å². The Morgan fingerprint density at radius 3 is 2.52 bits per heavy atom. The van der Waals surface area contributed by atoms with E-state index in [0.29, 0.717) is 19.8 Å². The van der Waals surface area contributed by atoms with Gasteiger partial charge < -0.3 is 29.6 Å². The van der Waals surface area contributed by atoms with Gasteiger partial charge in [0.15, 0.2) is 5.96 Å². The molecule has 0 aromatic heterocycles. The third-order valence-corrected chi connectivity index (χ3v) is 4.86. The average Bonchev–Trinajstić information content (AvgIpc) is 2.78. The van der Waals surface area contributed by atoms with Crippen LogP contribution in [0.4, 0.5) is 0 Å². The van der Waals surface area contributed by atoms with Gasteiger partial charge in [-0.3, -0.25) is 9.89 Å². The number of hydrogen-bond donors (Lipinski definition) is 2. The van der Waals surface area contributed by atoms with Crippen molar-refractivity contribution in [3.8, 4) is 5.75 Å². The van der Waals surface area contributed by atoms with Crippen LogP contribution in [0.25, 0.3) is 0 Å². The number of methoxy groups -OCH3 is 2. The highest BCUT2D eigenvalue weighted by Crippen LogP contribution is 2.23. The molecule has 1 aromatic rings. The number of nitrogens with zero attached hydrogens (tertiary/aromatic N) is 2. The zero-order valence-corrected chi connectivity index (χ0v) is 18.0. The lowest BCUT2D eigenvalue weighted by molar-refractivity contribution is 0.0170. The molecule has 1 aliphatic heterocycles. The minimum atomic E-state index is 0.237. The summed E-state index contributed by atoms with van der Waals surface area (Å²) < 4.78 is 21.3. The molecule has 0 amide bonds. The lowest BCUT2D eigenvalue weighted by atomic mass is 10.0. The smallest absolute Gasteiger partial charge is 0.191 e. The molecular weight excluding hydrogens is 372 g/mol. The molecule has 2 N–H and O–H groups in total. The SMILES string of the molecule is CN=C(NCCCOCCOC)NCC(c1ccc(OC)cc1)N1CCOCC1. The van der Waals surface area contributed by atoms with Gasteiger partial charge in [-0.2, -0.15) is 0 Å². The normalized spacial score (nSPS) is 16.4. The fourth-order valence-corrected chi connectivity index (χ4v) is 3.21. The van der Waals surface area contributed by atoms with Gasteiger partial charge in [-0.15, -0.1) is 0 Å². The van der Waals surface area contributed by atoms with E-state index in [4.69, 9.17) is 18.9 Å². The van der Waals surface area contributed by atoms with Gasteiger partial charge >= 0.3 is 0 Å². The van der Waals surface area contributed by atoms with E-state index in [1.54, 1.807) is 21.3 Å². The van der Waals surface area contributed by atoms with E-state index in [0.717, 1.165) is 57.5 Å². The van der Waals surface area contributed by atoms with E-state index in [2.05, 4.69) is 32.7 Å². The fourth-order valence-electron chi connectivity index (χ4n) is 3.21. The van der Waals surface area contributed by atoms with Crippen LogP contribution in [0.1, 0.15) is 18.0 Å². The van der Waals surface area contributed by atoms with Crippen molar-refractivity contribution in [3.05, 3.63) is 29.8 Å². The molecular formula is C21H36N4O4. The summed E-state index contributed by atoms with van der Waals surface area (Å²) in [6, 6.07) is 8.53. The molecule has 2 rings (SSSR count). The molecule has 29 heavy (non-hydrogen) atoms. The molecule has 1 saturated heterocycles. The highest BCUT2D eigenvalue weighted by atomic mass is 16.5. The van der Waals surface area contributed by atoms with E-state index in [1.807, 2.05) is 12.1 Å². The third-order valence-electron chi connectivity index (χ3n) is 4.86. The van der Waals surface area contributed by atoms with Crippen molar-refractivity contribution < 1.29 is 18.9 Å². The second-order valence-electron chi connectivity index (χ2n) is 6.78. The van der Waals surface area contributed by atoms with Gasteiger partial charge in [0.2, 0.25) is 0 Å². The molecule has 1 aromatic carbocycles. The summed E-state index contributed by atoms with van der Waals surface area (Å²) in [5.41, 5.74) is 1.25. The average molecular weight is 409 g/mol. The highest BCUT2D eigenvalue weighted by Gasteiger charge is 2.23. The van der Waals surface area contributed by atoms with Gasteiger partial charge in [0.05, 0.1) is 39.6 Å². The number of morpholine rings is 1. The van der Waals surface area contributed by atoms with Gasteiger partial charge in [-0.25, -0.2) is 0 Å². The first-order chi connectivity index (χ1) is 14.3. The number of benzene rings is 1. The quantitative estimate of drug-likeness (QED) is 0.307. The van der Waals surface area contributed by atoms with Crippen LogP contribution in [0, 0.1) is 0 Å². The van der Waals surface area contributed by atoms with Gasteiger partial charge in [0, 0.05) is 46.9 Å². The molecule has 1 atom stereocenters. The lowest BCUT2D eigenvalue weighted by Crippen LogP contribution is -2.46. The molecule has 1 fully saturated rings. The summed E-state index contributed by atoms with van der Waals surface area (Å²) in [5, 5.41) is 6.82. The number of ether oxygens (including phenoxy) is 4. The van der Waals surface area contributed by atoms with E-state index in [1.165, 1.54) is 5.56 Å². The van der Waals surface area contributed by atoms with E-state index in [9.17, 15) is 0 Å². The molecule has 0 spiro atoms. The van der Waals surface area contributed by atoms with Crippen molar-refractivity contribution in [1.29, 1.82) is 0 Å². The first-order valence-corrected chi connectivity index (χ1v) is 10.3. The number of nitrogens with one attached hydrogen (secondary N) is 2. The number of hydrogen-bond acceptors (Lipinski definition) is 6. The first-order valence-electron chi connectivity index (χ1n) is 10.3. The summed E-state index contributed by atoms with van der Waals surface area (Å²) >= 11 is 0. The molecule has 0 saturated carbocycles. The van der Waals surface area contributed by atoms with Crippen LogP contribution in [-0.4, -0.2) is 91.3 Å².